The van der Waals surface area contributed by atoms with Crippen molar-refractivity contribution in [1.29, 1.82) is 0 Å². The van der Waals surface area contributed by atoms with Crippen molar-refractivity contribution < 1.29 is 14.3 Å². The predicted octanol–water partition coefficient (Wildman–Crippen LogP) is 2.77. The lowest BCUT2D eigenvalue weighted by molar-refractivity contribution is -0.114. The molecule has 1 rings (SSSR count). The van der Waals surface area contributed by atoms with Gasteiger partial charge in [-0.2, -0.15) is 0 Å². The molecular formula is C20H34N4O3. The van der Waals surface area contributed by atoms with Crippen LogP contribution in [-0.2, 0) is 16.1 Å². The number of ether oxygens (including phenoxy) is 2. The Labute approximate surface area is 162 Å². The topological polar surface area (TPSA) is 84.0 Å². The third-order valence-electron chi connectivity index (χ3n) is 4.10. The molecule has 0 spiro atoms. The van der Waals surface area contributed by atoms with Crippen LogP contribution < -0.4 is 20.7 Å². The van der Waals surface area contributed by atoms with Crippen molar-refractivity contribution in [3.05, 3.63) is 23.8 Å². The molecule has 0 saturated heterocycles. The normalized spacial score (nSPS) is 12.6. The van der Waals surface area contributed by atoms with Crippen LogP contribution >= 0.6 is 0 Å². The van der Waals surface area contributed by atoms with Gasteiger partial charge in [0.1, 0.15) is 5.75 Å². The third-order valence-corrected chi connectivity index (χ3v) is 4.10. The number of anilines is 1. The molecule has 0 aromatic heterocycles. The molecule has 1 aromatic carbocycles. The van der Waals surface area contributed by atoms with Crippen LogP contribution in [0.4, 0.5) is 5.69 Å². The van der Waals surface area contributed by atoms with Crippen LogP contribution in [0.1, 0.15) is 39.7 Å². The molecule has 0 aliphatic rings. The van der Waals surface area contributed by atoms with Gasteiger partial charge < -0.3 is 25.4 Å². The van der Waals surface area contributed by atoms with E-state index in [1.165, 1.54) is 6.92 Å². The number of nitrogens with zero attached hydrogens (tertiary/aromatic N) is 1. The lowest BCUT2D eigenvalue weighted by Gasteiger charge is -2.21. The second-order valence-electron chi connectivity index (χ2n) is 6.59. The fourth-order valence-electron chi connectivity index (χ4n) is 2.71. The SMILES string of the molecule is CCOC(CCNC(=NC)NCc1ccc(OC)c(NC(C)=O)c1)C(C)C. The minimum Gasteiger partial charge on any atom is -0.495 e. The van der Waals surface area contributed by atoms with Gasteiger partial charge in [0.25, 0.3) is 0 Å². The molecule has 0 saturated carbocycles. The number of hydrogen-bond acceptors (Lipinski definition) is 4. The highest BCUT2D eigenvalue weighted by Gasteiger charge is 2.13. The van der Waals surface area contributed by atoms with Crippen LogP contribution in [-0.4, -0.2) is 45.3 Å². The number of methoxy groups -OCH3 is 1. The molecule has 0 aliphatic carbocycles. The highest BCUT2D eigenvalue weighted by molar-refractivity contribution is 5.90. The molecule has 0 bridgehead atoms. The van der Waals surface area contributed by atoms with Crippen molar-refractivity contribution in [2.45, 2.75) is 46.8 Å². The summed E-state index contributed by atoms with van der Waals surface area (Å²) in [6.45, 7) is 9.92. The number of hydrogen-bond donors (Lipinski definition) is 3. The van der Waals surface area contributed by atoms with Gasteiger partial charge in [0, 0.05) is 33.7 Å². The van der Waals surface area contributed by atoms with Crippen molar-refractivity contribution in [2.24, 2.45) is 10.9 Å². The summed E-state index contributed by atoms with van der Waals surface area (Å²) in [5.74, 6) is 1.70. The highest BCUT2D eigenvalue weighted by atomic mass is 16.5. The van der Waals surface area contributed by atoms with Crippen molar-refractivity contribution in [1.82, 2.24) is 10.6 Å². The molecule has 0 fully saturated rings. The van der Waals surface area contributed by atoms with Gasteiger partial charge in [0.2, 0.25) is 5.91 Å². The third kappa shape index (κ3) is 8.30. The van der Waals surface area contributed by atoms with Gasteiger partial charge in [-0.15, -0.1) is 0 Å². The fraction of sp³-hybridized carbons (Fsp3) is 0.600. The Balaban J connectivity index is 2.58. The summed E-state index contributed by atoms with van der Waals surface area (Å²) >= 11 is 0. The van der Waals surface area contributed by atoms with E-state index in [1.54, 1.807) is 14.2 Å². The Morgan fingerprint density at radius 2 is 2.00 bits per heavy atom. The number of guanidine groups is 1. The fourth-order valence-corrected chi connectivity index (χ4v) is 2.71. The Hall–Kier alpha value is -2.28. The Morgan fingerprint density at radius 1 is 1.26 bits per heavy atom. The number of carbonyl (C=O) groups excluding carboxylic acids is 1. The summed E-state index contributed by atoms with van der Waals surface area (Å²) in [4.78, 5) is 15.6. The molecule has 27 heavy (non-hydrogen) atoms. The highest BCUT2D eigenvalue weighted by Crippen LogP contribution is 2.25. The maximum Gasteiger partial charge on any atom is 0.221 e. The van der Waals surface area contributed by atoms with Crippen LogP contribution in [0.3, 0.4) is 0 Å². The molecule has 0 heterocycles. The van der Waals surface area contributed by atoms with E-state index >= 15 is 0 Å². The Bertz CT molecular complexity index is 617. The number of nitrogens with one attached hydrogen (secondary N) is 3. The average Bonchev–Trinajstić information content (AvgIpc) is 2.63. The van der Waals surface area contributed by atoms with E-state index in [4.69, 9.17) is 9.47 Å². The Morgan fingerprint density at radius 3 is 2.56 bits per heavy atom. The first-order valence-corrected chi connectivity index (χ1v) is 9.41. The van der Waals surface area contributed by atoms with Crippen LogP contribution in [0.25, 0.3) is 0 Å². The lowest BCUT2D eigenvalue weighted by atomic mass is 10.0. The molecule has 1 atom stereocenters. The van der Waals surface area contributed by atoms with Crippen molar-refractivity contribution in [3.63, 3.8) is 0 Å². The summed E-state index contributed by atoms with van der Waals surface area (Å²) in [5, 5.41) is 9.38. The molecule has 0 radical (unpaired) electrons. The lowest BCUT2D eigenvalue weighted by Crippen LogP contribution is -2.38. The molecule has 3 N–H and O–H groups in total. The number of carbonyl (C=O) groups is 1. The predicted molar refractivity (Wildman–Crippen MR) is 110 cm³/mol. The van der Waals surface area contributed by atoms with Crippen LogP contribution in [0.2, 0.25) is 0 Å². The summed E-state index contributed by atoms with van der Waals surface area (Å²) < 4.78 is 11.0. The van der Waals surface area contributed by atoms with Gasteiger partial charge in [-0.3, -0.25) is 9.79 Å². The summed E-state index contributed by atoms with van der Waals surface area (Å²) in [6, 6.07) is 5.69. The minimum absolute atomic E-state index is 0.134. The van der Waals surface area contributed by atoms with Gasteiger partial charge in [0.05, 0.1) is 18.9 Å². The van der Waals surface area contributed by atoms with Crippen molar-refractivity contribution >= 4 is 17.6 Å². The molecule has 0 aliphatic heterocycles. The first-order valence-electron chi connectivity index (χ1n) is 9.41. The van der Waals surface area contributed by atoms with Gasteiger partial charge >= 0.3 is 0 Å². The van der Waals surface area contributed by atoms with Crippen LogP contribution in [0, 0.1) is 5.92 Å². The first-order chi connectivity index (χ1) is 12.9. The van der Waals surface area contributed by atoms with E-state index in [0.29, 0.717) is 23.9 Å². The number of benzene rings is 1. The van der Waals surface area contributed by atoms with Gasteiger partial charge in [-0.05, 0) is 37.0 Å². The van der Waals surface area contributed by atoms with E-state index < -0.39 is 0 Å². The molecule has 1 amide bonds. The molecule has 7 nitrogen and oxygen atoms in total. The Kier molecular flexibility index (Phi) is 10.3. The molecular weight excluding hydrogens is 344 g/mol. The molecule has 1 aromatic rings. The second kappa shape index (κ2) is 12.2. The zero-order valence-corrected chi connectivity index (χ0v) is 17.4. The number of amides is 1. The zero-order chi connectivity index (χ0) is 20.2. The average molecular weight is 379 g/mol. The smallest absolute Gasteiger partial charge is 0.221 e. The number of aliphatic imine (C=N–C) groups is 1. The quantitative estimate of drug-likeness (QED) is 0.431. The van der Waals surface area contributed by atoms with Gasteiger partial charge in [-0.25, -0.2) is 0 Å². The van der Waals surface area contributed by atoms with E-state index in [0.717, 1.165) is 31.1 Å². The van der Waals surface area contributed by atoms with Crippen molar-refractivity contribution in [3.8, 4) is 5.75 Å². The van der Waals surface area contributed by atoms with E-state index in [1.807, 2.05) is 25.1 Å². The molecule has 7 heteroatoms. The maximum atomic E-state index is 11.4. The molecule has 1 unspecified atom stereocenters. The van der Waals surface area contributed by atoms with E-state index in [9.17, 15) is 4.79 Å². The second-order valence-corrected chi connectivity index (χ2v) is 6.59. The molecule has 152 valence electrons. The van der Waals surface area contributed by atoms with Crippen molar-refractivity contribution in [2.75, 3.05) is 32.6 Å². The monoisotopic (exact) mass is 378 g/mol. The maximum absolute atomic E-state index is 11.4. The summed E-state index contributed by atoms with van der Waals surface area (Å²) in [5.41, 5.74) is 1.67. The standard InChI is InChI=1S/C20H34N4O3/c1-7-27-18(14(2)3)10-11-22-20(21-5)23-13-16-8-9-19(26-6)17(12-16)24-15(4)25/h8-9,12,14,18H,7,10-11,13H2,1-6H3,(H,24,25)(H2,21,22,23). The summed E-state index contributed by atoms with van der Waals surface area (Å²) in [6.07, 6.45) is 1.16. The van der Waals surface area contributed by atoms with Crippen LogP contribution in [0.15, 0.2) is 23.2 Å². The number of rotatable bonds is 10. The largest absolute Gasteiger partial charge is 0.495 e. The van der Waals surface area contributed by atoms with E-state index in [2.05, 4.69) is 34.8 Å². The van der Waals surface area contributed by atoms with Gasteiger partial charge in [-0.1, -0.05) is 19.9 Å². The first kappa shape index (κ1) is 22.8. The summed E-state index contributed by atoms with van der Waals surface area (Å²) in [7, 11) is 3.32. The van der Waals surface area contributed by atoms with Gasteiger partial charge in [0.15, 0.2) is 5.96 Å². The van der Waals surface area contributed by atoms with Crippen LogP contribution in [0.5, 0.6) is 5.75 Å². The van der Waals surface area contributed by atoms with E-state index in [-0.39, 0.29) is 12.0 Å². The zero-order valence-electron chi connectivity index (χ0n) is 17.4. The minimum atomic E-state index is -0.134.